The smallest absolute Gasteiger partial charge is 0.243 e. The summed E-state index contributed by atoms with van der Waals surface area (Å²) in [6.45, 7) is 0.938. The van der Waals surface area contributed by atoms with Crippen molar-refractivity contribution < 1.29 is 5.11 Å². The number of aromatic nitrogens is 3. The van der Waals surface area contributed by atoms with Gasteiger partial charge in [0.2, 0.25) is 5.95 Å². The van der Waals surface area contributed by atoms with Crippen molar-refractivity contribution in [1.29, 1.82) is 0 Å². The van der Waals surface area contributed by atoms with E-state index in [4.69, 9.17) is 11.6 Å². The summed E-state index contributed by atoms with van der Waals surface area (Å²) in [5, 5.41) is 17.9. The van der Waals surface area contributed by atoms with Gasteiger partial charge in [-0.1, -0.05) is 30.9 Å². The van der Waals surface area contributed by atoms with E-state index >= 15 is 0 Å². The van der Waals surface area contributed by atoms with Crippen LogP contribution in [-0.4, -0.2) is 32.9 Å². The molecule has 1 saturated carbocycles. The van der Waals surface area contributed by atoms with Crippen LogP contribution in [0.4, 0.5) is 5.95 Å². The SMILES string of the molecule is OCC1(CNc2nc3ccc(Cl)cn3n2)CCCCC1. The van der Waals surface area contributed by atoms with E-state index in [0.717, 1.165) is 18.5 Å². The molecule has 0 atom stereocenters. The maximum atomic E-state index is 9.69. The molecule has 0 aliphatic heterocycles. The predicted octanol–water partition coefficient (Wildman–Crippen LogP) is 2.74. The molecule has 0 spiro atoms. The fraction of sp³-hybridized carbons (Fsp3) is 0.571. The normalized spacial score (nSPS) is 18.3. The minimum atomic E-state index is -0.0205. The van der Waals surface area contributed by atoms with Crippen LogP contribution in [0, 0.1) is 5.41 Å². The van der Waals surface area contributed by atoms with Crippen molar-refractivity contribution in [2.45, 2.75) is 32.1 Å². The number of nitrogens with one attached hydrogen (secondary N) is 1. The molecular weight excluding hydrogens is 276 g/mol. The van der Waals surface area contributed by atoms with Gasteiger partial charge in [0.25, 0.3) is 0 Å². The largest absolute Gasteiger partial charge is 0.396 e. The van der Waals surface area contributed by atoms with Gasteiger partial charge in [-0.2, -0.15) is 4.98 Å². The molecule has 2 N–H and O–H groups in total. The zero-order chi connectivity index (χ0) is 14.0. The topological polar surface area (TPSA) is 62.5 Å². The minimum absolute atomic E-state index is 0.0205. The Labute approximate surface area is 123 Å². The number of anilines is 1. The molecule has 2 heterocycles. The number of aliphatic hydroxyl groups excluding tert-OH is 1. The lowest BCUT2D eigenvalue weighted by Gasteiger charge is -2.35. The van der Waals surface area contributed by atoms with E-state index in [2.05, 4.69) is 15.4 Å². The zero-order valence-electron chi connectivity index (χ0n) is 11.3. The van der Waals surface area contributed by atoms with E-state index in [0.29, 0.717) is 17.5 Å². The summed E-state index contributed by atoms with van der Waals surface area (Å²) in [4.78, 5) is 4.40. The Bertz CT molecular complexity index is 592. The van der Waals surface area contributed by atoms with E-state index in [1.54, 1.807) is 16.8 Å². The van der Waals surface area contributed by atoms with Crippen LogP contribution in [0.1, 0.15) is 32.1 Å². The lowest BCUT2D eigenvalue weighted by Crippen LogP contribution is -2.35. The van der Waals surface area contributed by atoms with Gasteiger partial charge in [-0.3, -0.25) is 0 Å². The van der Waals surface area contributed by atoms with Crippen LogP contribution in [0.25, 0.3) is 5.65 Å². The van der Waals surface area contributed by atoms with Gasteiger partial charge in [-0.25, -0.2) is 4.52 Å². The van der Waals surface area contributed by atoms with Crippen molar-refractivity contribution in [3.63, 3.8) is 0 Å². The molecule has 0 radical (unpaired) electrons. The van der Waals surface area contributed by atoms with E-state index in [-0.39, 0.29) is 12.0 Å². The second-order valence-electron chi connectivity index (χ2n) is 5.66. The van der Waals surface area contributed by atoms with Gasteiger partial charge in [0.1, 0.15) is 0 Å². The maximum absolute atomic E-state index is 9.69. The van der Waals surface area contributed by atoms with Gasteiger partial charge in [0.15, 0.2) is 5.65 Å². The van der Waals surface area contributed by atoms with E-state index in [9.17, 15) is 5.11 Å². The Morgan fingerprint density at radius 1 is 1.30 bits per heavy atom. The van der Waals surface area contributed by atoms with Crippen molar-refractivity contribution in [3.8, 4) is 0 Å². The summed E-state index contributed by atoms with van der Waals surface area (Å²) in [5.74, 6) is 0.589. The summed E-state index contributed by atoms with van der Waals surface area (Å²) in [6, 6.07) is 3.63. The summed E-state index contributed by atoms with van der Waals surface area (Å²) < 4.78 is 1.66. The Morgan fingerprint density at radius 3 is 2.85 bits per heavy atom. The average Bonchev–Trinajstić information content (AvgIpc) is 2.88. The maximum Gasteiger partial charge on any atom is 0.243 e. The number of fused-ring (bicyclic) bond motifs is 1. The third-order valence-electron chi connectivity index (χ3n) is 4.17. The highest BCUT2D eigenvalue weighted by Gasteiger charge is 2.31. The fourth-order valence-corrected chi connectivity index (χ4v) is 3.05. The monoisotopic (exact) mass is 294 g/mol. The summed E-state index contributed by atoms with van der Waals surface area (Å²) >= 11 is 5.93. The molecule has 0 saturated heterocycles. The molecule has 1 aliphatic rings. The second-order valence-corrected chi connectivity index (χ2v) is 6.09. The van der Waals surface area contributed by atoms with Crippen molar-refractivity contribution in [2.75, 3.05) is 18.5 Å². The zero-order valence-corrected chi connectivity index (χ0v) is 12.1. The van der Waals surface area contributed by atoms with Gasteiger partial charge in [0, 0.05) is 18.2 Å². The fourth-order valence-electron chi connectivity index (χ4n) is 2.89. The van der Waals surface area contributed by atoms with Crippen molar-refractivity contribution in [3.05, 3.63) is 23.4 Å². The van der Waals surface area contributed by atoms with E-state index in [1.165, 1.54) is 19.3 Å². The molecule has 0 unspecified atom stereocenters. The molecule has 6 heteroatoms. The summed E-state index contributed by atoms with van der Waals surface area (Å²) in [7, 11) is 0. The third-order valence-corrected chi connectivity index (χ3v) is 4.39. The predicted molar refractivity (Wildman–Crippen MR) is 79.1 cm³/mol. The van der Waals surface area contributed by atoms with E-state index in [1.807, 2.05) is 6.07 Å². The number of pyridine rings is 1. The van der Waals surface area contributed by atoms with Gasteiger partial charge in [0.05, 0.1) is 11.6 Å². The molecule has 0 aromatic carbocycles. The Balaban J connectivity index is 1.72. The van der Waals surface area contributed by atoms with Crippen LogP contribution >= 0.6 is 11.6 Å². The molecule has 108 valence electrons. The van der Waals surface area contributed by atoms with Gasteiger partial charge < -0.3 is 10.4 Å². The van der Waals surface area contributed by atoms with Crippen molar-refractivity contribution in [1.82, 2.24) is 14.6 Å². The minimum Gasteiger partial charge on any atom is -0.396 e. The first-order valence-corrected chi connectivity index (χ1v) is 7.45. The number of halogens is 1. The summed E-state index contributed by atoms with van der Waals surface area (Å²) in [6.07, 6.45) is 7.52. The second kappa shape index (κ2) is 5.58. The Morgan fingerprint density at radius 2 is 2.10 bits per heavy atom. The number of aliphatic hydroxyl groups is 1. The molecule has 2 aromatic heterocycles. The molecule has 1 aliphatic carbocycles. The first-order chi connectivity index (χ1) is 9.71. The highest BCUT2D eigenvalue weighted by atomic mass is 35.5. The quantitative estimate of drug-likeness (QED) is 0.910. The van der Waals surface area contributed by atoms with Crippen molar-refractivity contribution >= 4 is 23.2 Å². The van der Waals surface area contributed by atoms with Crippen LogP contribution in [0.3, 0.4) is 0 Å². The molecule has 0 amide bonds. The number of rotatable bonds is 4. The molecule has 20 heavy (non-hydrogen) atoms. The molecule has 0 bridgehead atoms. The van der Waals surface area contributed by atoms with Crippen LogP contribution in [0.15, 0.2) is 18.3 Å². The van der Waals surface area contributed by atoms with E-state index < -0.39 is 0 Å². The first kappa shape index (κ1) is 13.6. The van der Waals surface area contributed by atoms with Crippen LogP contribution < -0.4 is 5.32 Å². The lowest BCUT2D eigenvalue weighted by atomic mass is 9.74. The van der Waals surface area contributed by atoms with Crippen molar-refractivity contribution in [2.24, 2.45) is 5.41 Å². The number of hydrogen-bond acceptors (Lipinski definition) is 4. The highest BCUT2D eigenvalue weighted by molar-refractivity contribution is 6.30. The van der Waals surface area contributed by atoms with Gasteiger partial charge in [-0.05, 0) is 25.0 Å². The molecule has 5 nitrogen and oxygen atoms in total. The lowest BCUT2D eigenvalue weighted by molar-refractivity contribution is 0.0942. The molecule has 2 aromatic rings. The van der Waals surface area contributed by atoms with Gasteiger partial charge >= 0.3 is 0 Å². The molecule has 1 fully saturated rings. The standard InChI is InChI=1S/C14H19ClN4O/c15-11-4-5-12-17-13(18-19(12)8-11)16-9-14(10-20)6-2-1-3-7-14/h4-5,8,20H,1-3,6-7,9-10H2,(H,16,18). The highest BCUT2D eigenvalue weighted by Crippen LogP contribution is 2.35. The van der Waals surface area contributed by atoms with Crippen LogP contribution in [0.5, 0.6) is 0 Å². The third kappa shape index (κ3) is 2.74. The summed E-state index contributed by atoms with van der Waals surface area (Å²) in [5.41, 5.74) is 0.742. The first-order valence-electron chi connectivity index (χ1n) is 7.07. The van der Waals surface area contributed by atoms with Crippen LogP contribution in [-0.2, 0) is 0 Å². The molecular formula is C14H19ClN4O. The molecule has 3 rings (SSSR count). The number of nitrogens with zero attached hydrogens (tertiary/aromatic N) is 3. The Hall–Kier alpha value is -1.33. The van der Waals surface area contributed by atoms with Crippen LogP contribution in [0.2, 0.25) is 5.02 Å². The Kier molecular flexibility index (Phi) is 3.81. The van der Waals surface area contributed by atoms with Gasteiger partial charge in [-0.15, -0.1) is 5.10 Å². The average molecular weight is 295 g/mol. The number of hydrogen-bond donors (Lipinski definition) is 2.